The van der Waals surface area contributed by atoms with Crippen molar-refractivity contribution in [1.29, 1.82) is 5.26 Å². The molecule has 3 radical (unpaired) electrons. The van der Waals surface area contributed by atoms with Crippen molar-refractivity contribution in [2.45, 2.75) is 0 Å². The van der Waals surface area contributed by atoms with Gasteiger partial charge in [0.05, 0.1) is 28.2 Å². The summed E-state index contributed by atoms with van der Waals surface area (Å²) in [6.07, 6.45) is 0. The van der Waals surface area contributed by atoms with Gasteiger partial charge >= 0.3 is 0 Å². The first-order chi connectivity index (χ1) is 3.41. The molecule has 3 heteroatoms. The summed E-state index contributed by atoms with van der Waals surface area (Å²) >= 11 is 0. The van der Waals surface area contributed by atoms with Crippen LogP contribution in [0.3, 0.4) is 0 Å². The van der Waals surface area contributed by atoms with Crippen LogP contribution >= 0.6 is 0 Å². The fraction of sp³-hybridized carbons (Fsp3) is 0.800. The number of quaternary nitrogens is 1. The molecule has 0 rings (SSSR count). The lowest BCUT2D eigenvalue weighted by Gasteiger charge is -2.14. The van der Waals surface area contributed by atoms with Crippen molar-refractivity contribution in [3.8, 4) is 5.97 Å². The second kappa shape index (κ2) is 4.67. The third kappa shape index (κ3) is 478. The van der Waals surface area contributed by atoms with E-state index < -0.39 is 0 Å². The Bertz CT molecular complexity index is 71.4. The van der Waals surface area contributed by atoms with Crippen LogP contribution in [0.2, 0.25) is 0 Å². The summed E-state index contributed by atoms with van der Waals surface area (Å²) in [7, 11) is 12.7. The molecule has 0 saturated carbocycles. The summed E-state index contributed by atoms with van der Waals surface area (Å²) in [6.45, 7) is 0. The molecule has 0 aliphatic rings. The van der Waals surface area contributed by atoms with Crippen molar-refractivity contribution in [2.75, 3.05) is 28.2 Å². The minimum atomic E-state index is 1.00. The van der Waals surface area contributed by atoms with E-state index >= 15 is 0 Å². The number of hydrogen-bond acceptors (Lipinski definition) is 1. The third-order valence-corrected chi connectivity index (χ3v) is 0. The first-order valence-electron chi connectivity index (χ1n) is 2.30. The molecule has 0 aromatic heterocycles. The summed E-state index contributed by atoms with van der Waals surface area (Å²) < 4.78 is 1.00. The second-order valence-electron chi connectivity index (χ2n) is 2.81. The number of nitriles is 1. The average molecular weight is 111 g/mol. The van der Waals surface area contributed by atoms with Crippen molar-refractivity contribution in [3.63, 3.8) is 0 Å². The lowest BCUT2D eigenvalue weighted by Crippen LogP contribution is -2.27. The molecule has 0 aromatic rings. The van der Waals surface area contributed by atoms with Gasteiger partial charge in [-0.05, 0) is 0 Å². The van der Waals surface area contributed by atoms with Gasteiger partial charge in [-0.15, -0.1) is 0 Å². The van der Waals surface area contributed by atoms with Gasteiger partial charge in [0.25, 0.3) is 0 Å². The van der Waals surface area contributed by atoms with Crippen LogP contribution in [0.25, 0.3) is 0 Å². The quantitative estimate of drug-likeness (QED) is 0.317. The zero-order valence-corrected chi connectivity index (χ0v) is 5.97. The lowest BCUT2D eigenvalue weighted by molar-refractivity contribution is -0.849. The van der Waals surface area contributed by atoms with E-state index in [1.54, 1.807) is 0 Å². The molecular weight excluding hydrogens is 98.9 g/mol. The predicted molar refractivity (Wildman–Crippen MR) is 35.3 cm³/mol. The van der Waals surface area contributed by atoms with Crippen molar-refractivity contribution in [2.24, 2.45) is 0 Å². The Kier molecular flexibility index (Phi) is 6.12. The van der Waals surface area contributed by atoms with E-state index in [0.717, 1.165) is 4.48 Å². The Morgan fingerprint density at radius 1 is 1.25 bits per heavy atom. The maximum absolute atomic E-state index is 7.10. The molecule has 2 nitrogen and oxygen atoms in total. The van der Waals surface area contributed by atoms with Gasteiger partial charge in [0.1, 0.15) is 0 Å². The normalized spacial score (nSPS) is 8.50. The zero-order chi connectivity index (χ0) is 7.21. The highest BCUT2D eigenvalue weighted by molar-refractivity contribution is 6.20. The summed E-state index contributed by atoms with van der Waals surface area (Å²) in [4.78, 5) is 0. The fourth-order valence-corrected chi connectivity index (χ4v) is 0. The van der Waals surface area contributed by atoms with Crippen LogP contribution in [0.4, 0.5) is 0 Å². The topological polar surface area (TPSA) is 23.8 Å². The maximum atomic E-state index is 7.10. The van der Waals surface area contributed by atoms with Crippen LogP contribution in [0, 0.1) is 11.2 Å². The molecular formula is C5H12BN2. The van der Waals surface area contributed by atoms with Gasteiger partial charge in [-0.3, -0.25) is 11.2 Å². The van der Waals surface area contributed by atoms with Crippen LogP contribution in [0.1, 0.15) is 0 Å². The average Bonchev–Trinajstić information content (AvgIpc) is 1.27. The molecule has 8 heavy (non-hydrogen) atoms. The monoisotopic (exact) mass is 111 g/mol. The molecule has 0 aliphatic carbocycles. The summed E-state index contributed by atoms with van der Waals surface area (Å²) in [6, 6.07) is 0. The molecule has 0 saturated heterocycles. The molecule has 0 amide bonds. The maximum Gasteiger partial charge on any atom is 0.0675 e. The van der Waals surface area contributed by atoms with Gasteiger partial charge in [-0.2, -0.15) is 0 Å². The van der Waals surface area contributed by atoms with Gasteiger partial charge in [0.15, 0.2) is 0 Å². The Morgan fingerprint density at radius 3 is 1.25 bits per heavy atom. The molecule has 0 fully saturated rings. The molecule has 0 heterocycles. The van der Waals surface area contributed by atoms with Crippen molar-refractivity contribution in [1.82, 2.24) is 0 Å². The second-order valence-corrected chi connectivity index (χ2v) is 2.81. The van der Waals surface area contributed by atoms with Gasteiger partial charge in [-0.25, -0.2) is 0 Å². The van der Waals surface area contributed by atoms with Crippen LogP contribution in [-0.2, 0) is 0 Å². The Morgan fingerprint density at radius 2 is 1.25 bits per heavy atom. The standard InChI is InChI=1S/C4H12N.CBN/c1-5(2,3)4;2-1-3/h1-4H3;/q+1;-1. The van der Waals surface area contributed by atoms with Gasteiger partial charge < -0.3 is 12.3 Å². The molecule has 0 N–H and O–H groups in total. The van der Waals surface area contributed by atoms with E-state index in [9.17, 15) is 0 Å². The third-order valence-electron chi connectivity index (χ3n) is 0. The van der Waals surface area contributed by atoms with E-state index in [1.165, 1.54) is 5.97 Å². The van der Waals surface area contributed by atoms with Gasteiger partial charge in [-0.1, -0.05) is 0 Å². The highest BCUT2D eigenvalue weighted by atomic mass is 15.2. The molecule has 45 valence electrons. The van der Waals surface area contributed by atoms with Crippen molar-refractivity contribution < 1.29 is 4.48 Å². The van der Waals surface area contributed by atoms with E-state index in [2.05, 4.69) is 36.0 Å². The first kappa shape index (κ1) is 10.5. The minimum absolute atomic E-state index is 1.00. The Balaban J connectivity index is 0. The molecule has 0 aliphatic heterocycles. The van der Waals surface area contributed by atoms with E-state index in [0.29, 0.717) is 0 Å². The Hall–Kier alpha value is -0.485. The number of nitrogens with zero attached hydrogens (tertiary/aromatic N) is 2. The molecule has 0 atom stereocenters. The highest BCUT2D eigenvalue weighted by Gasteiger charge is 1.88. The van der Waals surface area contributed by atoms with Crippen molar-refractivity contribution >= 4 is 7.85 Å². The zero-order valence-electron chi connectivity index (χ0n) is 5.97. The summed E-state index contributed by atoms with van der Waals surface area (Å²) in [5.74, 6) is 1.25. The van der Waals surface area contributed by atoms with E-state index in [4.69, 9.17) is 5.26 Å². The molecule has 0 aromatic carbocycles. The molecule has 0 bridgehead atoms. The SMILES string of the molecule is C[N+](C)(C)C.[B-]C#N. The molecule has 0 unspecified atom stereocenters. The largest absolute Gasteiger partial charge is 0.466 e. The lowest BCUT2D eigenvalue weighted by atomic mass is 10.2. The highest BCUT2D eigenvalue weighted by Crippen LogP contribution is 1.73. The van der Waals surface area contributed by atoms with Crippen molar-refractivity contribution in [3.05, 3.63) is 0 Å². The smallest absolute Gasteiger partial charge is 0.0675 e. The first-order valence-corrected chi connectivity index (χ1v) is 2.30. The van der Waals surface area contributed by atoms with E-state index in [1.807, 2.05) is 0 Å². The molecule has 0 spiro atoms. The number of rotatable bonds is 0. The van der Waals surface area contributed by atoms with Gasteiger partial charge in [0.2, 0.25) is 0 Å². The van der Waals surface area contributed by atoms with Crippen LogP contribution in [0.5, 0.6) is 0 Å². The fourth-order valence-electron chi connectivity index (χ4n) is 0. The van der Waals surface area contributed by atoms with Crippen LogP contribution in [-0.4, -0.2) is 40.5 Å². The predicted octanol–water partition coefficient (Wildman–Crippen LogP) is -0.0416. The Labute approximate surface area is 52.7 Å². The summed E-state index contributed by atoms with van der Waals surface area (Å²) in [5.41, 5.74) is 0. The van der Waals surface area contributed by atoms with Crippen LogP contribution in [0.15, 0.2) is 0 Å². The minimum Gasteiger partial charge on any atom is -0.466 e. The van der Waals surface area contributed by atoms with E-state index in [-0.39, 0.29) is 0 Å². The summed E-state index contributed by atoms with van der Waals surface area (Å²) in [5, 5.41) is 7.10. The van der Waals surface area contributed by atoms with Crippen LogP contribution < -0.4 is 0 Å². The number of hydrogen-bond donors (Lipinski definition) is 0. The van der Waals surface area contributed by atoms with Gasteiger partial charge in [0, 0.05) is 0 Å².